The van der Waals surface area contributed by atoms with Crippen LogP contribution in [0.4, 0.5) is 0 Å². The van der Waals surface area contributed by atoms with Crippen LogP contribution >= 0.6 is 11.3 Å². The van der Waals surface area contributed by atoms with Crippen molar-refractivity contribution < 1.29 is 5.11 Å². The van der Waals surface area contributed by atoms with Crippen LogP contribution in [0.15, 0.2) is 66.0 Å². The van der Waals surface area contributed by atoms with Crippen LogP contribution in [0.1, 0.15) is 17.4 Å². The molecule has 1 fully saturated rings. The van der Waals surface area contributed by atoms with Crippen molar-refractivity contribution in [2.24, 2.45) is 0 Å². The summed E-state index contributed by atoms with van der Waals surface area (Å²) in [6.07, 6.45) is -0.412. The first-order chi connectivity index (χ1) is 13.3. The molecule has 0 amide bonds. The molecule has 1 aliphatic rings. The zero-order chi connectivity index (χ0) is 18.5. The van der Waals surface area contributed by atoms with Gasteiger partial charge in [-0.25, -0.2) is 4.98 Å². The van der Waals surface area contributed by atoms with Crippen molar-refractivity contribution >= 4 is 11.3 Å². The third kappa shape index (κ3) is 4.82. The SMILES string of the molecule is O[C@H](CN1CCN(Cc2csc(-c3ccccc3)n2)CC1)c1ccccc1. The first-order valence-electron chi connectivity index (χ1n) is 9.45. The third-order valence-electron chi connectivity index (χ3n) is 5.04. The summed E-state index contributed by atoms with van der Waals surface area (Å²) >= 11 is 1.72. The first-order valence-corrected chi connectivity index (χ1v) is 10.3. The summed E-state index contributed by atoms with van der Waals surface area (Å²) in [7, 11) is 0. The third-order valence-corrected chi connectivity index (χ3v) is 5.98. The van der Waals surface area contributed by atoms with E-state index in [0.717, 1.165) is 49.0 Å². The van der Waals surface area contributed by atoms with Crippen molar-refractivity contribution in [3.8, 4) is 10.6 Å². The summed E-state index contributed by atoms with van der Waals surface area (Å²) in [5.41, 5.74) is 3.33. The van der Waals surface area contributed by atoms with Gasteiger partial charge < -0.3 is 5.11 Å². The molecule has 2 heterocycles. The lowest BCUT2D eigenvalue weighted by Crippen LogP contribution is -2.47. The molecule has 27 heavy (non-hydrogen) atoms. The first kappa shape index (κ1) is 18.3. The van der Waals surface area contributed by atoms with Crippen LogP contribution in [0.5, 0.6) is 0 Å². The number of nitrogens with zero attached hydrogens (tertiary/aromatic N) is 3. The topological polar surface area (TPSA) is 39.6 Å². The normalized spacial score (nSPS) is 17.1. The standard InChI is InChI=1S/C22H25N3OS/c26-21(18-7-3-1-4-8-18)16-25-13-11-24(12-14-25)15-20-17-27-22(23-20)19-9-5-2-6-10-19/h1-10,17,21,26H,11-16H2/t21-/m1/s1. The van der Waals surface area contributed by atoms with Gasteiger partial charge in [-0.2, -0.15) is 0 Å². The number of hydrogen-bond acceptors (Lipinski definition) is 5. The van der Waals surface area contributed by atoms with Crippen LogP contribution in [0.25, 0.3) is 10.6 Å². The lowest BCUT2D eigenvalue weighted by Gasteiger charge is -2.35. The average molecular weight is 380 g/mol. The molecule has 4 rings (SSSR count). The highest BCUT2D eigenvalue weighted by Gasteiger charge is 2.20. The second-order valence-corrected chi connectivity index (χ2v) is 7.87. The Morgan fingerprint density at radius 3 is 2.22 bits per heavy atom. The van der Waals surface area contributed by atoms with Crippen LogP contribution in [-0.2, 0) is 6.54 Å². The highest BCUT2D eigenvalue weighted by atomic mass is 32.1. The van der Waals surface area contributed by atoms with Gasteiger partial charge in [-0.1, -0.05) is 60.7 Å². The molecule has 0 radical (unpaired) electrons. The molecule has 1 aliphatic heterocycles. The van der Waals surface area contributed by atoms with Crippen LogP contribution < -0.4 is 0 Å². The molecule has 0 unspecified atom stereocenters. The molecule has 0 spiro atoms. The van der Waals surface area contributed by atoms with E-state index < -0.39 is 6.10 Å². The Morgan fingerprint density at radius 1 is 0.889 bits per heavy atom. The second kappa shape index (κ2) is 8.76. The van der Waals surface area contributed by atoms with E-state index >= 15 is 0 Å². The molecule has 0 saturated carbocycles. The van der Waals surface area contributed by atoms with Gasteiger partial charge in [0.15, 0.2) is 0 Å². The zero-order valence-electron chi connectivity index (χ0n) is 15.4. The predicted molar refractivity (Wildman–Crippen MR) is 111 cm³/mol. The number of aliphatic hydroxyl groups excluding tert-OH is 1. The summed E-state index contributed by atoms with van der Waals surface area (Å²) in [5.74, 6) is 0. The number of thiazole rings is 1. The summed E-state index contributed by atoms with van der Waals surface area (Å²) < 4.78 is 0. The lowest BCUT2D eigenvalue weighted by atomic mass is 10.1. The van der Waals surface area contributed by atoms with E-state index in [0.29, 0.717) is 6.54 Å². The zero-order valence-corrected chi connectivity index (χ0v) is 16.2. The molecular formula is C22H25N3OS. The predicted octanol–water partition coefficient (Wildman–Crippen LogP) is 3.66. The lowest BCUT2D eigenvalue weighted by molar-refractivity contribution is 0.0697. The Morgan fingerprint density at radius 2 is 1.52 bits per heavy atom. The average Bonchev–Trinajstić information content (AvgIpc) is 3.19. The maximum Gasteiger partial charge on any atom is 0.123 e. The summed E-state index contributed by atoms with van der Waals surface area (Å²) in [6, 6.07) is 20.3. The minimum Gasteiger partial charge on any atom is -0.387 e. The van der Waals surface area contributed by atoms with Crippen LogP contribution in [-0.4, -0.2) is 52.6 Å². The van der Waals surface area contributed by atoms with E-state index in [1.807, 2.05) is 36.4 Å². The number of rotatable bonds is 6. The highest BCUT2D eigenvalue weighted by Crippen LogP contribution is 2.24. The summed E-state index contributed by atoms with van der Waals surface area (Å²) in [4.78, 5) is 9.61. The van der Waals surface area contributed by atoms with E-state index in [4.69, 9.17) is 4.98 Å². The van der Waals surface area contributed by atoms with Gasteiger partial charge in [0.05, 0.1) is 11.8 Å². The van der Waals surface area contributed by atoms with Crippen molar-refractivity contribution in [2.75, 3.05) is 32.7 Å². The van der Waals surface area contributed by atoms with E-state index in [9.17, 15) is 5.11 Å². The Balaban J connectivity index is 1.27. The fourth-order valence-electron chi connectivity index (χ4n) is 3.48. The molecule has 3 aromatic rings. The number of piperazine rings is 1. The van der Waals surface area contributed by atoms with Gasteiger partial charge in [0.25, 0.3) is 0 Å². The molecule has 1 atom stereocenters. The Bertz CT molecular complexity index is 829. The van der Waals surface area contributed by atoms with Crippen molar-refractivity contribution in [1.82, 2.24) is 14.8 Å². The monoisotopic (exact) mass is 379 g/mol. The van der Waals surface area contributed by atoms with Gasteiger partial charge in [0, 0.05) is 50.2 Å². The van der Waals surface area contributed by atoms with Gasteiger partial charge in [-0.15, -0.1) is 11.3 Å². The van der Waals surface area contributed by atoms with Crippen molar-refractivity contribution in [2.45, 2.75) is 12.6 Å². The second-order valence-electron chi connectivity index (χ2n) is 7.01. The maximum atomic E-state index is 10.4. The number of β-amino-alcohol motifs (C(OH)–C–C–N with tert-alkyl or cyclic N) is 1. The van der Waals surface area contributed by atoms with Crippen LogP contribution in [0.3, 0.4) is 0 Å². The molecule has 1 aromatic heterocycles. The molecule has 5 heteroatoms. The van der Waals surface area contributed by atoms with Crippen LogP contribution in [0.2, 0.25) is 0 Å². The Kier molecular flexibility index (Phi) is 5.94. The Labute approximate surface area is 164 Å². The molecule has 0 aliphatic carbocycles. The van der Waals surface area contributed by atoms with Crippen molar-refractivity contribution in [3.05, 3.63) is 77.3 Å². The van der Waals surface area contributed by atoms with Gasteiger partial charge in [0.1, 0.15) is 5.01 Å². The summed E-state index contributed by atoms with van der Waals surface area (Å²) in [6.45, 7) is 5.60. The van der Waals surface area contributed by atoms with Crippen LogP contribution in [0, 0.1) is 0 Å². The number of aromatic nitrogens is 1. The number of hydrogen-bond donors (Lipinski definition) is 1. The molecule has 140 valence electrons. The smallest absolute Gasteiger partial charge is 0.123 e. The number of benzene rings is 2. The largest absolute Gasteiger partial charge is 0.387 e. The molecular weight excluding hydrogens is 354 g/mol. The Hall–Kier alpha value is -2.05. The van der Waals surface area contributed by atoms with E-state index in [-0.39, 0.29) is 0 Å². The van der Waals surface area contributed by atoms with Gasteiger partial charge in [-0.05, 0) is 5.56 Å². The van der Waals surface area contributed by atoms with Crippen molar-refractivity contribution in [1.29, 1.82) is 0 Å². The van der Waals surface area contributed by atoms with Gasteiger partial charge in [-0.3, -0.25) is 9.80 Å². The molecule has 4 nitrogen and oxygen atoms in total. The van der Waals surface area contributed by atoms with E-state index in [1.165, 1.54) is 5.56 Å². The maximum absolute atomic E-state index is 10.4. The summed E-state index contributed by atoms with van der Waals surface area (Å²) in [5, 5.41) is 13.7. The number of aliphatic hydroxyl groups is 1. The fraction of sp³-hybridized carbons (Fsp3) is 0.318. The highest BCUT2D eigenvalue weighted by molar-refractivity contribution is 7.13. The molecule has 0 bridgehead atoms. The fourth-order valence-corrected chi connectivity index (χ4v) is 4.29. The van der Waals surface area contributed by atoms with Gasteiger partial charge >= 0.3 is 0 Å². The quantitative estimate of drug-likeness (QED) is 0.709. The van der Waals surface area contributed by atoms with E-state index in [2.05, 4.69) is 39.4 Å². The molecule has 1 N–H and O–H groups in total. The molecule has 1 saturated heterocycles. The minimum absolute atomic E-state index is 0.412. The molecule has 2 aromatic carbocycles. The van der Waals surface area contributed by atoms with E-state index in [1.54, 1.807) is 11.3 Å². The van der Waals surface area contributed by atoms with Gasteiger partial charge in [0.2, 0.25) is 0 Å². The van der Waals surface area contributed by atoms with Crippen molar-refractivity contribution in [3.63, 3.8) is 0 Å². The minimum atomic E-state index is -0.412.